The maximum Gasteiger partial charge on any atom is 0.269 e. The molecule has 2 aromatic carbocycles. The number of fused-ring (bicyclic) bond motifs is 1. The van der Waals surface area contributed by atoms with Gasteiger partial charge in [0, 0.05) is 10.6 Å². The average Bonchev–Trinajstić information content (AvgIpc) is 2.75. The Balaban J connectivity index is 1.51. The van der Waals surface area contributed by atoms with Crippen LogP contribution in [-0.2, 0) is 9.59 Å². The molecule has 1 aliphatic heterocycles. The van der Waals surface area contributed by atoms with Crippen LogP contribution in [-0.4, -0.2) is 17.7 Å². The number of carbonyl (C=O) groups excluding carboxylic acids is 3. The Morgan fingerprint density at radius 3 is 2.39 bits per heavy atom. The number of rotatable bonds is 4. The highest BCUT2D eigenvalue weighted by atomic mass is 35.5. The fourth-order valence-electron chi connectivity index (χ4n) is 3.62. The second-order valence-corrected chi connectivity index (χ2v) is 8.43. The van der Waals surface area contributed by atoms with Gasteiger partial charge in [-0.3, -0.25) is 30.7 Å². The van der Waals surface area contributed by atoms with Crippen LogP contribution in [0.15, 0.2) is 48.6 Å². The van der Waals surface area contributed by atoms with Crippen molar-refractivity contribution in [2.75, 3.05) is 10.4 Å². The summed E-state index contributed by atoms with van der Waals surface area (Å²) in [6.07, 6.45) is 4.89. The minimum Gasteiger partial charge on any atom is -0.295 e. The van der Waals surface area contributed by atoms with Gasteiger partial charge in [-0.25, -0.2) is 5.01 Å². The molecule has 0 aromatic heterocycles. The molecule has 1 fully saturated rings. The number of hydrogen-bond donors (Lipinski definition) is 3. The number of anilines is 2. The molecule has 4 rings (SSSR count). The normalized spacial score (nSPS) is 20.2. The summed E-state index contributed by atoms with van der Waals surface area (Å²) in [5, 5.41) is 2.05. The van der Waals surface area contributed by atoms with Gasteiger partial charge in [-0.1, -0.05) is 53.0 Å². The fourth-order valence-corrected chi connectivity index (χ4v) is 4.53. The summed E-state index contributed by atoms with van der Waals surface area (Å²) in [5.41, 5.74) is 8.78. The largest absolute Gasteiger partial charge is 0.295 e. The van der Waals surface area contributed by atoms with Gasteiger partial charge in [0.05, 0.1) is 33.3 Å². The number of nitrogens with one attached hydrogen (secondary N) is 3. The molecule has 3 amide bonds. The minimum atomic E-state index is -0.488. The Kier molecular flexibility index (Phi) is 6.09. The zero-order valence-electron chi connectivity index (χ0n) is 16.0. The first-order valence-corrected chi connectivity index (χ1v) is 10.6. The third-order valence-electron chi connectivity index (χ3n) is 5.20. The van der Waals surface area contributed by atoms with Gasteiger partial charge in [0.15, 0.2) is 0 Å². The van der Waals surface area contributed by atoms with E-state index in [0.29, 0.717) is 29.2 Å². The maximum atomic E-state index is 12.9. The number of halogens is 3. The van der Waals surface area contributed by atoms with E-state index in [2.05, 4.69) is 16.3 Å². The predicted molar refractivity (Wildman–Crippen MR) is 120 cm³/mol. The highest BCUT2D eigenvalue weighted by Gasteiger charge is 2.42. The molecule has 31 heavy (non-hydrogen) atoms. The maximum absolute atomic E-state index is 12.9. The van der Waals surface area contributed by atoms with E-state index in [0.717, 1.165) is 0 Å². The number of nitrogens with zero attached hydrogens (tertiary/aromatic N) is 1. The lowest BCUT2D eigenvalue weighted by Gasteiger charge is -2.38. The number of allylic oxidation sites excluding steroid dienone is 2. The van der Waals surface area contributed by atoms with E-state index < -0.39 is 11.8 Å². The van der Waals surface area contributed by atoms with Crippen LogP contribution in [0.1, 0.15) is 23.2 Å². The summed E-state index contributed by atoms with van der Waals surface area (Å²) in [5.74, 6) is -1.68. The minimum absolute atomic E-state index is 0.204. The number of carbonyl (C=O) groups is 3. The lowest BCUT2D eigenvalue weighted by molar-refractivity contribution is -0.139. The van der Waals surface area contributed by atoms with Gasteiger partial charge >= 0.3 is 0 Å². The SMILES string of the molecule is O=C(NNc1c(Cl)cc(Cl)cc1Cl)c1cccc(N2NC(=O)C3CC=CCC3C2=O)c1. The van der Waals surface area contributed by atoms with Crippen LogP contribution in [0.5, 0.6) is 0 Å². The molecule has 10 heteroatoms. The van der Waals surface area contributed by atoms with E-state index in [9.17, 15) is 14.4 Å². The molecular formula is C21H17Cl3N4O3. The molecular weight excluding hydrogens is 463 g/mol. The first kappa shape index (κ1) is 21.5. The molecule has 2 atom stereocenters. The molecule has 1 heterocycles. The lowest BCUT2D eigenvalue weighted by Crippen LogP contribution is -2.59. The number of amides is 3. The molecule has 2 unspecified atom stereocenters. The van der Waals surface area contributed by atoms with E-state index in [1.54, 1.807) is 18.2 Å². The monoisotopic (exact) mass is 478 g/mol. The van der Waals surface area contributed by atoms with Crippen molar-refractivity contribution in [3.63, 3.8) is 0 Å². The van der Waals surface area contributed by atoms with E-state index in [-0.39, 0.29) is 33.3 Å². The van der Waals surface area contributed by atoms with Gasteiger partial charge in [-0.05, 0) is 43.2 Å². The first-order chi connectivity index (χ1) is 14.8. The van der Waals surface area contributed by atoms with Crippen LogP contribution in [0, 0.1) is 11.8 Å². The van der Waals surface area contributed by atoms with Crippen LogP contribution in [0.3, 0.4) is 0 Å². The average molecular weight is 480 g/mol. The Bertz CT molecular complexity index is 1080. The van der Waals surface area contributed by atoms with Crippen molar-refractivity contribution in [2.24, 2.45) is 11.8 Å². The molecule has 3 N–H and O–H groups in total. The van der Waals surface area contributed by atoms with E-state index in [1.807, 2.05) is 12.2 Å². The van der Waals surface area contributed by atoms with Crippen molar-refractivity contribution in [3.05, 3.63) is 69.2 Å². The second kappa shape index (κ2) is 8.78. The quantitative estimate of drug-likeness (QED) is 0.449. The molecule has 2 aromatic rings. The van der Waals surface area contributed by atoms with Gasteiger partial charge in [0.2, 0.25) is 11.8 Å². The molecule has 1 aliphatic carbocycles. The molecule has 2 aliphatic rings. The Morgan fingerprint density at radius 2 is 1.68 bits per heavy atom. The molecule has 1 saturated heterocycles. The van der Waals surface area contributed by atoms with Crippen molar-refractivity contribution in [1.82, 2.24) is 10.9 Å². The van der Waals surface area contributed by atoms with Gasteiger partial charge < -0.3 is 0 Å². The lowest BCUT2D eigenvalue weighted by atomic mass is 9.80. The van der Waals surface area contributed by atoms with Gasteiger partial charge in [0.25, 0.3) is 5.91 Å². The predicted octanol–water partition coefficient (Wildman–Crippen LogP) is 4.36. The fraction of sp³-hybridized carbons (Fsp3) is 0.190. The summed E-state index contributed by atoms with van der Waals surface area (Å²) >= 11 is 18.1. The topological polar surface area (TPSA) is 90.5 Å². The van der Waals surface area contributed by atoms with Crippen LogP contribution in [0.4, 0.5) is 11.4 Å². The molecule has 0 spiro atoms. The number of hydrogen-bond acceptors (Lipinski definition) is 4. The van der Waals surface area contributed by atoms with Crippen molar-refractivity contribution < 1.29 is 14.4 Å². The van der Waals surface area contributed by atoms with Gasteiger partial charge in [0.1, 0.15) is 0 Å². The highest BCUT2D eigenvalue weighted by molar-refractivity contribution is 6.41. The van der Waals surface area contributed by atoms with Crippen LogP contribution in [0.2, 0.25) is 15.1 Å². The van der Waals surface area contributed by atoms with Crippen molar-refractivity contribution in [2.45, 2.75) is 12.8 Å². The third kappa shape index (κ3) is 4.35. The summed E-state index contributed by atoms with van der Waals surface area (Å²) < 4.78 is 0. The molecule has 0 bridgehead atoms. The van der Waals surface area contributed by atoms with E-state index in [4.69, 9.17) is 34.8 Å². The summed E-state index contributed by atoms with van der Waals surface area (Å²) in [7, 11) is 0. The number of hydrazine groups is 2. The standard InChI is InChI=1S/C21H17Cl3N4O3/c22-12-9-16(23)18(17(24)10-12)25-26-19(29)11-4-3-5-13(8-11)28-21(31)15-7-2-1-6-14(15)20(30)27-28/h1-5,8-10,14-15,25H,6-7H2,(H,26,29)(H,27,30). The molecule has 160 valence electrons. The van der Waals surface area contributed by atoms with Crippen LogP contribution < -0.4 is 21.3 Å². The number of benzene rings is 2. The van der Waals surface area contributed by atoms with E-state index in [1.165, 1.54) is 23.2 Å². The Labute approximate surface area is 193 Å². The van der Waals surface area contributed by atoms with Crippen molar-refractivity contribution in [1.29, 1.82) is 0 Å². The molecule has 0 radical (unpaired) electrons. The summed E-state index contributed by atoms with van der Waals surface area (Å²) in [6, 6.07) is 9.34. The smallest absolute Gasteiger partial charge is 0.269 e. The van der Waals surface area contributed by atoms with Crippen molar-refractivity contribution >= 4 is 63.9 Å². The third-order valence-corrected chi connectivity index (χ3v) is 6.02. The highest BCUT2D eigenvalue weighted by Crippen LogP contribution is 2.34. The molecule has 0 saturated carbocycles. The van der Waals surface area contributed by atoms with Crippen molar-refractivity contribution in [3.8, 4) is 0 Å². The summed E-state index contributed by atoms with van der Waals surface area (Å²) in [6.45, 7) is 0. The van der Waals surface area contributed by atoms with Gasteiger partial charge in [-0.15, -0.1) is 0 Å². The first-order valence-electron chi connectivity index (χ1n) is 9.45. The second-order valence-electron chi connectivity index (χ2n) is 7.18. The van der Waals surface area contributed by atoms with E-state index >= 15 is 0 Å². The zero-order chi connectivity index (χ0) is 22.1. The Morgan fingerprint density at radius 1 is 1.00 bits per heavy atom. The molecule has 7 nitrogen and oxygen atoms in total. The zero-order valence-corrected chi connectivity index (χ0v) is 18.3. The van der Waals surface area contributed by atoms with Crippen LogP contribution >= 0.6 is 34.8 Å². The Hall–Kier alpha value is -2.74. The van der Waals surface area contributed by atoms with Gasteiger partial charge in [-0.2, -0.15) is 0 Å². The summed E-state index contributed by atoms with van der Waals surface area (Å²) in [4.78, 5) is 38.0. The van der Waals surface area contributed by atoms with Crippen LogP contribution in [0.25, 0.3) is 0 Å².